The number of allylic oxidation sites excluding steroid dienone is 2. The van der Waals surface area contributed by atoms with Gasteiger partial charge in [-0.3, -0.25) is 9.59 Å². The molecule has 2 aliphatic rings. The topological polar surface area (TPSA) is 37.4 Å². The van der Waals surface area contributed by atoms with E-state index in [1.165, 1.54) is 16.3 Å². The molecular formula is C10H13NO2S. The molecule has 1 fully saturated rings. The molecule has 0 aromatic heterocycles. The average molecular weight is 211 g/mol. The predicted molar refractivity (Wildman–Crippen MR) is 55.3 cm³/mol. The molecule has 0 spiro atoms. The monoisotopic (exact) mass is 211 g/mol. The highest BCUT2D eigenvalue weighted by molar-refractivity contribution is 7.98. The van der Waals surface area contributed by atoms with Crippen molar-refractivity contribution in [3.63, 3.8) is 0 Å². The van der Waals surface area contributed by atoms with Crippen LogP contribution in [0, 0.1) is 11.8 Å². The van der Waals surface area contributed by atoms with Gasteiger partial charge in [-0.25, -0.2) is 4.31 Å². The molecule has 0 aromatic rings. The first-order valence-corrected chi connectivity index (χ1v) is 5.85. The van der Waals surface area contributed by atoms with Crippen LogP contribution in [0.5, 0.6) is 0 Å². The van der Waals surface area contributed by atoms with E-state index in [4.69, 9.17) is 0 Å². The van der Waals surface area contributed by atoms with Gasteiger partial charge in [0.25, 0.3) is 0 Å². The van der Waals surface area contributed by atoms with Gasteiger partial charge in [0.2, 0.25) is 11.8 Å². The summed E-state index contributed by atoms with van der Waals surface area (Å²) in [7, 11) is 0. The van der Waals surface area contributed by atoms with E-state index in [2.05, 4.69) is 0 Å². The van der Waals surface area contributed by atoms with Crippen molar-refractivity contribution < 1.29 is 9.59 Å². The van der Waals surface area contributed by atoms with E-state index in [0.717, 1.165) is 18.6 Å². The van der Waals surface area contributed by atoms with Crippen molar-refractivity contribution in [1.29, 1.82) is 0 Å². The van der Waals surface area contributed by atoms with Crippen molar-refractivity contribution in [2.24, 2.45) is 11.8 Å². The first-order valence-electron chi connectivity index (χ1n) is 4.91. The molecule has 1 aliphatic carbocycles. The van der Waals surface area contributed by atoms with Gasteiger partial charge in [0, 0.05) is 5.75 Å². The van der Waals surface area contributed by atoms with Crippen molar-refractivity contribution in [1.82, 2.24) is 4.31 Å². The number of nitrogens with zero attached hydrogens (tertiary/aromatic N) is 1. The van der Waals surface area contributed by atoms with Gasteiger partial charge in [-0.15, -0.1) is 0 Å². The smallest absolute Gasteiger partial charge is 0.243 e. The van der Waals surface area contributed by atoms with Crippen molar-refractivity contribution >= 4 is 23.8 Å². The van der Waals surface area contributed by atoms with Crippen LogP contribution in [-0.2, 0) is 9.59 Å². The lowest BCUT2D eigenvalue weighted by Crippen LogP contribution is -2.24. The predicted octanol–water partition coefficient (Wildman–Crippen LogP) is 1.61. The Bertz CT molecular complexity index is 274. The number of amides is 2. The summed E-state index contributed by atoms with van der Waals surface area (Å²) in [6.07, 6.45) is 5.48. The second-order valence-electron chi connectivity index (χ2n) is 3.54. The van der Waals surface area contributed by atoms with Crippen molar-refractivity contribution in [3.05, 3.63) is 12.2 Å². The van der Waals surface area contributed by atoms with Gasteiger partial charge < -0.3 is 0 Å². The maximum absolute atomic E-state index is 11.8. The highest BCUT2D eigenvalue weighted by Crippen LogP contribution is 2.37. The Morgan fingerprint density at radius 2 is 1.79 bits per heavy atom. The first kappa shape index (κ1) is 9.77. The number of fused-ring (bicyclic) bond motifs is 1. The lowest BCUT2D eigenvalue weighted by Gasteiger charge is -2.14. The number of carbonyl (C=O) groups excluding carboxylic acids is 2. The summed E-state index contributed by atoms with van der Waals surface area (Å²) in [5.41, 5.74) is 0. The second kappa shape index (κ2) is 3.77. The number of rotatable bonds is 2. The van der Waals surface area contributed by atoms with Crippen LogP contribution >= 0.6 is 11.9 Å². The molecule has 0 N–H and O–H groups in total. The molecule has 0 saturated carbocycles. The molecule has 2 atom stereocenters. The van der Waals surface area contributed by atoms with E-state index in [-0.39, 0.29) is 23.7 Å². The Kier molecular flexibility index (Phi) is 2.63. The second-order valence-corrected chi connectivity index (χ2v) is 4.75. The number of imide groups is 1. The molecule has 14 heavy (non-hydrogen) atoms. The third-order valence-electron chi connectivity index (χ3n) is 2.73. The normalized spacial score (nSPS) is 31.1. The highest BCUT2D eigenvalue weighted by atomic mass is 32.2. The Balaban J connectivity index is 2.19. The molecule has 0 aromatic carbocycles. The molecule has 2 amide bonds. The van der Waals surface area contributed by atoms with Crippen molar-refractivity contribution in [2.75, 3.05) is 5.75 Å². The molecule has 76 valence electrons. The minimum absolute atomic E-state index is 0.0104. The van der Waals surface area contributed by atoms with Gasteiger partial charge in [0.05, 0.1) is 11.8 Å². The third kappa shape index (κ3) is 1.38. The van der Waals surface area contributed by atoms with E-state index in [9.17, 15) is 9.59 Å². The van der Waals surface area contributed by atoms with E-state index < -0.39 is 0 Å². The standard InChI is InChI=1S/C10H13NO2S/c1-2-14-11-9(12)7-5-3-4-6-8(7)10(11)13/h3-4,7-8H,2,5-6H2,1H3. The van der Waals surface area contributed by atoms with Crippen molar-refractivity contribution in [3.8, 4) is 0 Å². The fraction of sp³-hybridized carbons (Fsp3) is 0.600. The van der Waals surface area contributed by atoms with Gasteiger partial charge in [-0.2, -0.15) is 0 Å². The van der Waals surface area contributed by atoms with Crippen LogP contribution in [0.1, 0.15) is 19.8 Å². The summed E-state index contributed by atoms with van der Waals surface area (Å²) in [5, 5.41) is 0. The lowest BCUT2D eigenvalue weighted by molar-refractivity contribution is -0.133. The Morgan fingerprint density at radius 3 is 2.21 bits per heavy atom. The molecule has 0 bridgehead atoms. The SMILES string of the molecule is CCSN1C(=O)C2CC=CCC2C1=O. The summed E-state index contributed by atoms with van der Waals surface area (Å²) in [6.45, 7) is 1.95. The molecule has 1 heterocycles. The third-order valence-corrected chi connectivity index (χ3v) is 3.60. The van der Waals surface area contributed by atoms with Gasteiger partial charge in [0.1, 0.15) is 0 Å². The maximum atomic E-state index is 11.8. The maximum Gasteiger partial charge on any atom is 0.243 e. The van der Waals surface area contributed by atoms with Gasteiger partial charge in [-0.05, 0) is 24.8 Å². The van der Waals surface area contributed by atoms with Crippen LogP contribution in [0.15, 0.2) is 12.2 Å². The molecule has 0 radical (unpaired) electrons. The lowest BCUT2D eigenvalue weighted by atomic mass is 9.85. The van der Waals surface area contributed by atoms with Crippen LogP contribution in [0.2, 0.25) is 0 Å². The number of hydrogen-bond acceptors (Lipinski definition) is 3. The Labute approximate surface area is 87.7 Å². The Hall–Kier alpha value is -0.770. The minimum Gasteiger partial charge on any atom is -0.273 e. The molecule has 4 heteroatoms. The van der Waals surface area contributed by atoms with Crippen molar-refractivity contribution in [2.45, 2.75) is 19.8 Å². The van der Waals surface area contributed by atoms with Crippen LogP contribution in [0.3, 0.4) is 0 Å². The van der Waals surface area contributed by atoms with Crippen LogP contribution < -0.4 is 0 Å². The molecule has 1 saturated heterocycles. The van der Waals surface area contributed by atoms with E-state index in [0.29, 0.717) is 0 Å². The van der Waals surface area contributed by atoms with E-state index in [1.807, 2.05) is 19.1 Å². The molecular weight excluding hydrogens is 198 g/mol. The highest BCUT2D eigenvalue weighted by Gasteiger charge is 2.47. The van der Waals surface area contributed by atoms with Gasteiger partial charge >= 0.3 is 0 Å². The summed E-state index contributed by atoms with van der Waals surface area (Å²) >= 11 is 1.33. The summed E-state index contributed by atoms with van der Waals surface area (Å²) in [4.78, 5) is 23.6. The average Bonchev–Trinajstić information content (AvgIpc) is 2.45. The molecule has 2 rings (SSSR count). The quantitative estimate of drug-likeness (QED) is 0.395. The minimum atomic E-state index is -0.0773. The summed E-state index contributed by atoms with van der Waals surface area (Å²) in [5.74, 6) is 0.634. The number of hydrogen-bond donors (Lipinski definition) is 0. The first-order chi connectivity index (χ1) is 6.75. The molecule has 3 nitrogen and oxygen atoms in total. The van der Waals surface area contributed by atoms with Crippen LogP contribution in [0.4, 0.5) is 0 Å². The summed E-state index contributed by atoms with van der Waals surface area (Å²) in [6, 6.07) is 0. The van der Waals surface area contributed by atoms with Gasteiger partial charge in [-0.1, -0.05) is 19.1 Å². The Morgan fingerprint density at radius 1 is 1.29 bits per heavy atom. The molecule has 1 aliphatic heterocycles. The number of carbonyl (C=O) groups is 2. The largest absolute Gasteiger partial charge is 0.273 e. The van der Waals surface area contributed by atoms with Crippen LogP contribution in [0.25, 0.3) is 0 Å². The van der Waals surface area contributed by atoms with Gasteiger partial charge in [0.15, 0.2) is 0 Å². The summed E-state index contributed by atoms with van der Waals surface area (Å²) < 4.78 is 1.36. The zero-order chi connectivity index (χ0) is 10.1. The van der Waals surface area contributed by atoms with E-state index in [1.54, 1.807) is 0 Å². The zero-order valence-corrected chi connectivity index (χ0v) is 8.92. The van der Waals surface area contributed by atoms with Crippen LogP contribution in [-0.4, -0.2) is 21.9 Å². The molecule has 2 unspecified atom stereocenters. The zero-order valence-electron chi connectivity index (χ0n) is 8.10. The fourth-order valence-electron chi connectivity index (χ4n) is 2.03. The van der Waals surface area contributed by atoms with E-state index >= 15 is 0 Å². The fourth-order valence-corrected chi connectivity index (χ4v) is 2.81.